The summed E-state index contributed by atoms with van der Waals surface area (Å²) in [6, 6.07) is 8.19. The maximum Gasteiger partial charge on any atom is 0.344 e. The van der Waals surface area contributed by atoms with Crippen molar-refractivity contribution in [2.75, 3.05) is 0 Å². The molecule has 0 fully saturated rings. The van der Waals surface area contributed by atoms with E-state index < -0.39 is 23.4 Å². The van der Waals surface area contributed by atoms with Gasteiger partial charge in [0.25, 0.3) is 0 Å². The summed E-state index contributed by atoms with van der Waals surface area (Å²) in [6.45, 7) is 4.13. The van der Waals surface area contributed by atoms with E-state index in [4.69, 9.17) is 13.9 Å². The lowest BCUT2D eigenvalue weighted by molar-refractivity contribution is -0.132. The fourth-order valence-corrected chi connectivity index (χ4v) is 2.82. The van der Waals surface area contributed by atoms with Gasteiger partial charge in [-0.2, -0.15) is 0 Å². The van der Waals surface area contributed by atoms with E-state index in [0.717, 1.165) is 6.07 Å². The van der Waals surface area contributed by atoms with Crippen LogP contribution in [0, 0.1) is 12.7 Å². The molecule has 0 aliphatic carbocycles. The molecule has 1 aromatic heterocycles. The van der Waals surface area contributed by atoms with Crippen molar-refractivity contribution >= 4 is 22.9 Å². The Morgan fingerprint density at radius 1 is 1.00 bits per heavy atom. The van der Waals surface area contributed by atoms with E-state index in [1.165, 1.54) is 44.2 Å². The molecule has 1 heterocycles. The quantitative estimate of drug-likeness (QED) is 0.397. The van der Waals surface area contributed by atoms with Crippen LogP contribution in [0.15, 0.2) is 45.6 Å². The average molecular weight is 370 g/mol. The molecular weight excluding hydrogens is 355 g/mol. The van der Waals surface area contributed by atoms with Gasteiger partial charge in [0.2, 0.25) is 0 Å². The number of carbonyl (C=O) groups excluding carboxylic acids is 2. The number of carbonyl (C=O) groups is 2. The van der Waals surface area contributed by atoms with Gasteiger partial charge in [-0.05, 0) is 36.8 Å². The lowest BCUT2D eigenvalue weighted by atomic mass is 9.98. The number of fused-ring (bicyclic) bond motifs is 1. The van der Waals surface area contributed by atoms with Gasteiger partial charge in [-0.1, -0.05) is 0 Å². The van der Waals surface area contributed by atoms with Crippen LogP contribution in [0.5, 0.6) is 11.5 Å². The van der Waals surface area contributed by atoms with Crippen LogP contribution in [0.2, 0.25) is 0 Å². The lowest BCUT2D eigenvalue weighted by Crippen LogP contribution is -2.10. The predicted molar refractivity (Wildman–Crippen MR) is 95.2 cm³/mol. The molecule has 0 aliphatic rings. The van der Waals surface area contributed by atoms with Crippen molar-refractivity contribution in [3.63, 3.8) is 0 Å². The number of ether oxygens (including phenoxy) is 2. The fourth-order valence-electron chi connectivity index (χ4n) is 2.82. The molecular formula is C20H15FO6. The third kappa shape index (κ3) is 3.72. The first-order valence-corrected chi connectivity index (χ1v) is 8.00. The molecule has 0 unspecified atom stereocenters. The standard InChI is InChI=1S/C20H15FO6/c1-10-15-6-4-13(21)8-17(15)27-20(24)19(10)16-7-5-14(25-11(2)22)9-18(16)26-12(3)23/h4-9H,1-3H3. The Labute approximate surface area is 153 Å². The van der Waals surface area contributed by atoms with Crippen molar-refractivity contribution in [1.29, 1.82) is 0 Å². The smallest absolute Gasteiger partial charge is 0.344 e. The Bertz CT molecular complexity index is 1130. The molecule has 0 atom stereocenters. The zero-order valence-electron chi connectivity index (χ0n) is 14.8. The molecule has 0 N–H and O–H groups in total. The second-order valence-corrected chi connectivity index (χ2v) is 5.88. The minimum absolute atomic E-state index is 0.0399. The first kappa shape index (κ1) is 18.3. The Morgan fingerprint density at radius 3 is 2.37 bits per heavy atom. The van der Waals surface area contributed by atoms with Gasteiger partial charge in [-0.3, -0.25) is 9.59 Å². The van der Waals surface area contributed by atoms with Crippen LogP contribution in [0.4, 0.5) is 4.39 Å². The minimum Gasteiger partial charge on any atom is -0.427 e. The molecule has 0 amide bonds. The Balaban J connectivity index is 2.26. The van der Waals surface area contributed by atoms with Gasteiger partial charge >= 0.3 is 17.6 Å². The molecule has 27 heavy (non-hydrogen) atoms. The van der Waals surface area contributed by atoms with Crippen LogP contribution in [0.3, 0.4) is 0 Å². The number of benzene rings is 2. The average Bonchev–Trinajstić information content (AvgIpc) is 2.55. The molecule has 3 aromatic rings. The van der Waals surface area contributed by atoms with Crippen LogP contribution in [0.25, 0.3) is 22.1 Å². The van der Waals surface area contributed by atoms with Crippen molar-refractivity contribution in [1.82, 2.24) is 0 Å². The largest absolute Gasteiger partial charge is 0.427 e. The molecule has 3 rings (SSSR count). The zero-order valence-corrected chi connectivity index (χ0v) is 14.8. The second-order valence-electron chi connectivity index (χ2n) is 5.88. The highest BCUT2D eigenvalue weighted by Gasteiger charge is 2.19. The summed E-state index contributed by atoms with van der Waals surface area (Å²) in [6.07, 6.45) is 0. The molecule has 138 valence electrons. The van der Waals surface area contributed by atoms with Crippen LogP contribution in [-0.2, 0) is 9.59 Å². The first-order chi connectivity index (χ1) is 12.8. The van der Waals surface area contributed by atoms with Crippen molar-refractivity contribution in [2.24, 2.45) is 0 Å². The second kappa shape index (κ2) is 7.03. The van der Waals surface area contributed by atoms with E-state index in [9.17, 15) is 18.8 Å². The fraction of sp³-hybridized carbons (Fsp3) is 0.150. The van der Waals surface area contributed by atoms with Crippen molar-refractivity contribution in [3.05, 3.63) is 58.2 Å². The van der Waals surface area contributed by atoms with Gasteiger partial charge in [-0.25, -0.2) is 9.18 Å². The number of hydrogen-bond donors (Lipinski definition) is 0. The van der Waals surface area contributed by atoms with Crippen molar-refractivity contribution < 1.29 is 27.9 Å². The predicted octanol–water partition coefficient (Wildman–Crippen LogP) is 3.76. The van der Waals surface area contributed by atoms with E-state index in [2.05, 4.69) is 0 Å². The van der Waals surface area contributed by atoms with Gasteiger partial charge < -0.3 is 13.9 Å². The molecule has 2 aromatic carbocycles. The summed E-state index contributed by atoms with van der Waals surface area (Å²) in [5, 5.41) is 0.545. The zero-order chi connectivity index (χ0) is 19.7. The van der Waals surface area contributed by atoms with E-state index in [0.29, 0.717) is 16.5 Å². The molecule has 0 bridgehead atoms. The summed E-state index contributed by atoms with van der Waals surface area (Å²) in [5.41, 5.74) is 0.402. The van der Waals surface area contributed by atoms with E-state index in [-0.39, 0.29) is 22.6 Å². The van der Waals surface area contributed by atoms with Crippen molar-refractivity contribution in [3.8, 4) is 22.6 Å². The van der Waals surface area contributed by atoms with Crippen LogP contribution in [0.1, 0.15) is 19.4 Å². The third-order valence-corrected chi connectivity index (χ3v) is 3.87. The maximum atomic E-state index is 13.4. The topological polar surface area (TPSA) is 82.8 Å². The number of aryl methyl sites for hydroxylation is 1. The van der Waals surface area contributed by atoms with Gasteiger partial charge in [0, 0.05) is 36.9 Å². The summed E-state index contributed by atoms with van der Waals surface area (Å²) >= 11 is 0. The minimum atomic E-state index is -0.709. The molecule has 7 heteroatoms. The van der Waals surface area contributed by atoms with E-state index in [1.807, 2.05) is 0 Å². The Morgan fingerprint density at radius 2 is 1.70 bits per heavy atom. The van der Waals surface area contributed by atoms with Crippen LogP contribution < -0.4 is 15.1 Å². The van der Waals surface area contributed by atoms with E-state index in [1.54, 1.807) is 6.92 Å². The van der Waals surface area contributed by atoms with Crippen LogP contribution in [-0.4, -0.2) is 11.9 Å². The van der Waals surface area contributed by atoms with Crippen molar-refractivity contribution in [2.45, 2.75) is 20.8 Å². The highest BCUT2D eigenvalue weighted by molar-refractivity contribution is 5.89. The SMILES string of the molecule is CC(=O)Oc1ccc(-c2c(C)c3ccc(F)cc3oc2=O)c(OC(C)=O)c1. The summed E-state index contributed by atoms with van der Waals surface area (Å²) in [7, 11) is 0. The summed E-state index contributed by atoms with van der Waals surface area (Å²) in [4.78, 5) is 35.2. The molecule has 0 spiro atoms. The number of halogens is 1. The van der Waals surface area contributed by atoms with E-state index >= 15 is 0 Å². The Hall–Kier alpha value is -3.48. The lowest BCUT2D eigenvalue weighted by Gasteiger charge is -2.13. The number of hydrogen-bond acceptors (Lipinski definition) is 6. The van der Waals surface area contributed by atoms with Gasteiger partial charge in [0.1, 0.15) is 22.9 Å². The summed E-state index contributed by atoms with van der Waals surface area (Å²) < 4.78 is 28.9. The molecule has 0 aliphatic heterocycles. The monoisotopic (exact) mass is 370 g/mol. The third-order valence-electron chi connectivity index (χ3n) is 3.87. The molecule has 0 saturated heterocycles. The molecule has 0 radical (unpaired) electrons. The highest BCUT2D eigenvalue weighted by Crippen LogP contribution is 2.36. The normalized spacial score (nSPS) is 10.7. The molecule has 0 saturated carbocycles. The van der Waals surface area contributed by atoms with Gasteiger partial charge in [-0.15, -0.1) is 0 Å². The maximum absolute atomic E-state index is 13.4. The van der Waals surface area contributed by atoms with Crippen LogP contribution >= 0.6 is 0 Å². The summed E-state index contributed by atoms with van der Waals surface area (Å²) in [5.74, 6) is -1.48. The number of rotatable bonds is 3. The highest BCUT2D eigenvalue weighted by atomic mass is 19.1. The first-order valence-electron chi connectivity index (χ1n) is 8.00. The molecule has 6 nitrogen and oxygen atoms in total. The van der Waals surface area contributed by atoms with Gasteiger partial charge in [0.05, 0.1) is 5.56 Å². The Kier molecular flexibility index (Phi) is 4.77. The van der Waals surface area contributed by atoms with Gasteiger partial charge in [0.15, 0.2) is 0 Å². The number of esters is 2.